The van der Waals surface area contributed by atoms with E-state index in [1.807, 2.05) is 0 Å². The average molecular weight is 195 g/mol. The fraction of sp³-hybridized carbons (Fsp3) is 0.600. The molecule has 0 spiro atoms. The number of hydrogen-bond acceptors (Lipinski definition) is 2. The second-order valence-corrected chi connectivity index (χ2v) is 3.60. The van der Waals surface area contributed by atoms with Crippen LogP contribution in [0.3, 0.4) is 0 Å². The number of nitrogens with one attached hydrogen (secondary N) is 1. The maximum Gasteiger partial charge on any atom is 0.307 e. The first-order valence-corrected chi connectivity index (χ1v) is 4.53. The monoisotopic (exact) mass is 195 g/mol. The zero-order valence-corrected chi connectivity index (χ0v) is 7.99. The van der Waals surface area contributed by atoms with Gasteiger partial charge in [0.15, 0.2) is 0 Å². The van der Waals surface area contributed by atoms with Gasteiger partial charge in [-0.1, -0.05) is 0 Å². The van der Waals surface area contributed by atoms with Crippen molar-refractivity contribution in [1.82, 2.24) is 5.32 Å². The van der Waals surface area contributed by atoms with Crippen LogP contribution in [-0.2, 0) is 9.59 Å². The molecular weight excluding hydrogens is 182 g/mol. The lowest BCUT2D eigenvalue weighted by Gasteiger charge is -2.09. The van der Waals surface area contributed by atoms with Gasteiger partial charge in [-0.05, 0) is 13.3 Å². The van der Waals surface area contributed by atoms with Gasteiger partial charge in [0.25, 0.3) is 0 Å². The van der Waals surface area contributed by atoms with Crippen molar-refractivity contribution in [3.05, 3.63) is 0 Å². The lowest BCUT2D eigenvalue weighted by atomic mass is 10.2. The molecule has 4 heteroatoms. The van der Waals surface area contributed by atoms with Crippen molar-refractivity contribution in [2.24, 2.45) is 11.8 Å². The number of carboxylic acid groups (broad SMARTS) is 1. The number of hydrogen-bond donors (Lipinski definition) is 2. The first kappa shape index (κ1) is 10.6. The second kappa shape index (κ2) is 4.14. The molecule has 2 N–H and O–H groups in total. The maximum atomic E-state index is 11.4. The zero-order chi connectivity index (χ0) is 10.7. The summed E-state index contributed by atoms with van der Waals surface area (Å²) >= 11 is 0. The van der Waals surface area contributed by atoms with Gasteiger partial charge < -0.3 is 10.4 Å². The summed E-state index contributed by atoms with van der Waals surface area (Å²) in [5.41, 5.74) is 0. The van der Waals surface area contributed by atoms with Gasteiger partial charge >= 0.3 is 5.97 Å². The number of amides is 1. The highest BCUT2D eigenvalue weighted by Gasteiger charge is 2.48. The Bertz CT molecular complexity index is 292. The van der Waals surface area contributed by atoms with Crippen LogP contribution < -0.4 is 5.32 Å². The second-order valence-electron chi connectivity index (χ2n) is 3.60. The molecule has 1 unspecified atom stereocenters. The van der Waals surface area contributed by atoms with E-state index < -0.39 is 11.9 Å². The van der Waals surface area contributed by atoms with E-state index in [1.165, 1.54) is 0 Å². The first-order chi connectivity index (χ1) is 6.56. The molecule has 0 aromatic heterocycles. The molecule has 0 aromatic carbocycles. The Morgan fingerprint density at radius 3 is 2.71 bits per heavy atom. The van der Waals surface area contributed by atoms with E-state index in [-0.39, 0.29) is 17.9 Å². The Morgan fingerprint density at radius 1 is 1.64 bits per heavy atom. The minimum Gasteiger partial charge on any atom is -0.481 e. The summed E-state index contributed by atoms with van der Waals surface area (Å²) in [6, 6.07) is -0.0810. The number of carbonyl (C=O) groups excluding carboxylic acids is 1. The Hall–Kier alpha value is -1.50. The fourth-order valence-corrected chi connectivity index (χ4v) is 1.34. The number of rotatable bonds is 4. The van der Waals surface area contributed by atoms with E-state index in [4.69, 9.17) is 11.5 Å². The molecule has 0 bridgehead atoms. The van der Waals surface area contributed by atoms with E-state index in [2.05, 4.69) is 11.2 Å². The third-order valence-electron chi connectivity index (χ3n) is 2.26. The quantitative estimate of drug-likeness (QED) is 0.631. The Kier molecular flexibility index (Phi) is 3.13. The third kappa shape index (κ3) is 2.49. The summed E-state index contributed by atoms with van der Waals surface area (Å²) in [6.45, 7) is 1.80. The lowest BCUT2D eigenvalue weighted by Crippen LogP contribution is -2.34. The number of carboxylic acids is 1. The van der Waals surface area contributed by atoms with E-state index in [9.17, 15) is 9.59 Å². The molecule has 1 aliphatic carbocycles. The topological polar surface area (TPSA) is 66.4 Å². The SMILES string of the molecule is C#CCC(C)NC(=O)[C@@H]1C[C@@H]1C(=O)O. The van der Waals surface area contributed by atoms with E-state index >= 15 is 0 Å². The molecule has 14 heavy (non-hydrogen) atoms. The molecule has 0 heterocycles. The van der Waals surface area contributed by atoms with E-state index in [0.717, 1.165) is 0 Å². The first-order valence-electron chi connectivity index (χ1n) is 4.53. The Balaban J connectivity index is 2.32. The molecule has 4 nitrogen and oxygen atoms in total. The van der Waals surface area contributed by atoms with Crippen LogP contribution >= 0.6 is 0 Å². The van der Waals surface area contributed by atoms with Gasteiger partial charge in [-0.3, -0.25) is 9.59 Å². The summed E-state index contributed by atoms with van der Waals surface area (Å²) in [5.74, 6) is 0.501. The Morgan fingerprint density at radius 2 is 2.29 bits per heavy atom. The normalized spacial score (nSPS) is 26.0. The average Bonchev–Trinajstić information content (AvgIpc) is 2.82. The molecule has 0 saturated heterocycles. The predicted octanol–water partition coefficient (Wildman–Crippen LogP) is 0.235. The van der Waals surface area contributed by atoms with Gasteiger partial charge in [-0.2, -0.15) is 0 Å². The maximum absolute atomic E-state index is 11.4. The largest absolute Gasteiger partial charge is 0.481 e. The van der Waals surface area contributed by atoms with Crippen molar-refractivity contribution in [1.29, 1.82) is 0 Å². The highest BCUT2D eigenvalue weighted by atomic mass is 16.4. The van der Waals surface area contributed by atoms with Gasteiger partial charge in [0.1, 0.15) is 0 Å². The van der Waals surface area contributed by atoms with Crippen LogP contribution in [0, 0.1) is 24.2 Å². The number of terminal acetylenes is 1. The molecule has 1 fully saturated rings. The smallest absolute Gasteiger partial charge is 0.307 e. The van der Waals surface area contributed by atoms with Crippen molar-refractivity contribution in [3.63, 3.8) is 0 Å². The van der Waals surface area contributed by atoms with Gasteiger partial charge in [0.05, 0.1) is 11.8 Å². The van der Waals surface area contributed by atoms with Gasteiger partial charge in [0.2, 0.25) is 5.91 Å². The number of aliphatic carboxylic acids is 1. The summed E-state index contributed by atoms with van der Waals surface area (Å²) in [7, 11) is 0. The summed E-state index contributed by atoms with van der Waals surface area (Å²) < 4.78 is 0. The van der Waals surface area contributed by atoms with Crippen molar-refractivity contribution in [2.75, 3.05) is 0 Å². The van der Waals surface area contributed by atoms with Crippen LogP contribution in [0.25, 0.3) is 0 Å². The third-order valence-corrected chi connectivity index (χ3v) is 2.26. The van der Waals surface area contributed by atoms with Crippen molar-refractivity contribution >= 4 is 11.9 Å². The van der Waals surface area contributed by atoms with Crippen molar-refractivity contribution in [2.45, 2.75) is 25.8 Å². The van der Waals surface area contributed by atoms with Gasteiger partial charge in [-0.15, -0.1) is 12.3 Å². The van der Waals surface area contributed by atoms with Crippen molar-refractivity contribution in [3.8, 4) is 12.3 Å². The standard InChI is InChI=1S/C10H13NO3/c1-3-4-6(2)11-9(12)7-5-8(7)10(13)14/h1,6-8H,4-5H2,2H3,(H,11,12)(H,13,14)/t6?,7-,8+/m1/s1. The molecule has 76 valence electrons. The molecule has 1 amide bonds. The molecule has 0 aromatic rings. The molecule has 3 atom stereocenters. The van der Waals surface area contributed by atoms with Gasteiger partial charge in [-0.25, -0.2) is 0 Å². The summed E-state index contributed by atoms with van der Waals surface area (Å²) in [4.78, 5) is 21.8. The molecule has 0 aliphatic heterocycles. The van der Waals surface area contributed by atoms with Crippen LogP contribution in [0.4, 0.5) is 0 Å². The van der Waals surface area contributed by atoms with Crippen LogP contribution in [-0.4, -0.2) is 23.0 Å². The molecule has 0 radical (unpaired) electrons. The lowest BCUT2D eigenvalue weighted by molar-refractivity contribution is -0.140. The summed E-state index contributed by atoms with van der Waals surface area (Å²) in [6.07, 6.45) is 5.99. The van der Waals surface area contributed by atoms with E-state index in [0.29, 0.717) is 12.8 Å². The fourth-order valence-electron chi connectivity index (χ4n) is 1.34. The molecule has 1 saturated carbocycles. The predicted molar refractivity (Wildman–Crippen MR) is 50.3 cm³/mol. The molecular formula is C10H13NO3. The highest BCUT2D eigenvalue weighted by molar-refractivity contribution is 5.89. The molecule has 1 aliphatic rings. The highest BCUT2D eigenvalue weighted by Crippen LogP contribution is 2.38. The number of carbonyl (C=O) groups is 2. The summed E-state index contributed by atoms with van der Waals surface area (Å²) in [5, 5.41) is 11.3. The van der Waals surface area contributed by atoms with Gasteiger partial charge in [0, 0.05) is 12.5 Å². The van der Waals surface area contributed by atoms with Crippen molar-refractivity contribution < 1.29 is 14.7 Å². The van der Waals surface area contributed by atoms with Crippen LogP contribution in [0.2, 0.25) is 0 Å². The minimum absolute atomic E-state index is 0.0810. The zero-order valence-electron chi connectivity index (χ0n) is 7.99. The molecule has 1 rings (SSSR count). The van der Waals surface area contributed by atoms with Crippen LogP contribution in [0.5, 0.6) is 0 Å². The van der Waals surface area contributed by atoms with Crippen LogP contribution in [0.1, 0.15) is 19.8 Å². The van der Waals surface area contributed by atoms with E-state index in [1.54, 1.807) is 6.92 Å². The minimum atomic E-state index is -0.894. The Labute approximate surface area is 82.7 Å². The van der Waals surface area contributed by atoms with Crippen LogP contribution in [0.15, 0.2) is 0 Å².